The average molecular weight is 766 g/mol. The van der Waals surface area contributed by atoms with Gasteiger partial charge in [0.25, 0.3) is 5.69 Å². The molecule has 0 atom stereocenters. The number of carbonyl (C=O) groups excluding carboxylic acids is 1. The van der Waals surface area contributed by atoms with Gasteiger partial charge >= 0.3 is 5.91 Å². The standard InChI is InChI=1S/C34H30Br2N4O7/c1-4-44-30-17-24(31(35)32(36)33(30)46-19-23-6-5-7-26(16-23)40(42)43)18-37-38-34(41)29-15-14-28(47-29)20-45-27-12-10-25(11-13-27)39-21(2)8-9-22(39)3/h5-18H,4,19-20H2,1-3H3,(H,38,41)/b37-18+. The first-order valence-corrected chi connectivity index (χ1v) is 16.0. The van der Waals surface area contributed by atoms with Crippen molar-refractivity contribution in [3.05, 3.63) is 132 Å². The second-order valence-electron chi connectivity index (χ2n) is 10.3. The van der Waals surface area contributed by atoms with Gasteiger partial charge in [-0.1, -0.05) is 12.1 Å². The van der Waals surface area contributed by atoms with Gasteiger partial charge in [-0.3, -0.25) is 14.9 Å². The summed E-state index contributed by atoms with van der Waals surface area (Å²) in [4.78, 5) is 23.4. The van der Waals surface area contributed by atoms with Crippen molar-refractivity contribution in [2.24, 2.45) is 5.10 Å². The molecule has 1 amide bonds. The number of nitro groups is 1. The maximum atomic E-state index is 12.7. The summed E-state index contributed by atoms with van der Waals surface area (Å²) < 4.78 is 26.6. The van der Waals surface area contributed by atoms with Crippen LogP contribution in [0.3, 0.4) is 0 Å². The number of amides is 1. The third kappa shape index (κ3) is 8.10. The van der Waals surface area contributed by atoms with Gasteiger partial charge < -0.3 is 23.2 Å². The molecule has 2 aromatic heterocycles. The van der Waals surface area contributed by atoms with Crippen molar-refractivity contribution in [2.45, 2.75) is 34.0 Å². The lowest BCUT2D eigenvalue weighted by Gasteiger charge is -2.16. The first-order chi connectivity index (χ1) is 22.6. The Morgan fingerprint density at radius 2 is 1.70 bits per heavy atom. The summed E-state index contributed by atoms with van der Waals surface area (Å²) in [6, 6.07) is 23.1. The van der Waals surface area contributed by atoms with E-state index in [2.05, 4.69) is 72.9 Å². The van der Waals surface area contributed by atoms with Crippen molar-refractivity contribution in [2.75, 3.05) is 6.61 Å². The van der Waals surface area contributed by atoms with E-state index in [-0.39, 0.29) is 24.7 Å². The number of benzene rings is 3. The fraction of sp³-hybridized carbons (Fsp3) is 0.176. The number of hydrazone groups is 1. The number of nitro benzene ring substituents is 1. The molecule has 2 heterocycles. The smallest absolute Gasteiger partial charge is 0.307 e. The second-order valence-corrected chi connectivity index (χ2v) is 11.9. The number of aryl methyl sites for hydroxylation is 2. The van der Waals surface area contributed by atoms with Crippen LogP contribution in [-0.4, -0.2) is 28.2 Å². The fourth-order valence-electron chi connectivity index (χ4n) is 4.73. The molecule has 1 N–H and O–H groups in total. The second kappa shape index (κ2) is 15.1. The van der Waals surface area contributed by atoms with Crippen LogP contribution < -0.4 is 19.6 Å². The summed E-state index contributed by atoms with van der Waals surface area (Å²) in [5.41, 5.74) is 7.00. The third-order valence-electron chi connectivity index (χ3n) is 6.96. The van der Waals surface area contributed by atoms with E-state index in [1.165, 1.54) is 18.3 Å². The van der Waals surface area contributed by atoms with Crippen LogP contribution in [0.2, 0.25) is 0 Å². The van der Waals surface area contributed by atoms with E-state index in [1.54, 1.807) is 30.3 Å². The van der Waals surface area contributed by atoms with Gasteiger partial charge in [0.15, 0.2) is 17.3 Å². The van der Waals surface area contributed by atoms with Gasteiger partial charge in [-0.15, -0.1) is 0 Å². The molecule has 47 heavy (non-hydrogen) atoms. The predicted octanol–water partition coefficient (Wildman–Crippen LogP) is 8.44. The Kier molecular flexibility index (Phi) is 10.8. The van der Waals surface area contributed by atoms with Crippen molar-refractivity contribution in [3.63, 3.8) is 0 Å². The number of hydrogen-bond donors (Lipinski definition) is 1. The van der Waals surface area contributed by atoms with Crippen molar-refractivity contribution in [3.8, 4) is 22.9 Å². The molecule has 0 aliphatic heterocycles. The number of halogens is 2. The monoisotopic (exact) mass is 764 g/mol. The van der Waals surface area contributed by atoms with E-state index in [0.29, 0.717) is 49.7 Å². The van der Waals surface area contributed by atoms with Crippen molar-refractivity contribution in [1.29, 1.82) is 0 Å². The highest BCUT2D eigenvalue weighted by molar-refractivity contribution is 9.13. The fourth-order valence-corrected chi connectivity index (χ4v) is 5.66. The molecule has 0 aliphatic carbocycles. The van der Waals surface area contributed by atoms with Gasteiger partial charge in [-0.05, 0) is 113 Å². The van der Waals surface area contributed by atoms with E-state index in [4.69, 9.17) is 18.6 Å². The predicted molar refractivity (Wildman–Crippen MR) is 184 cm³/mol. The number of rotatable bonds is 13. The molecule has 5 rings (SSSR count). The number of aromatic nitrogens is 1. The van der Waals surface area contributed by atoms with Crippen LogP contribution >= 0.6 is 31.9 Å². The third-order valence-corrected chi connectivity index (χ3v) is 9.11. The SMILES string of the molecule is CCOc1cc(/C=N/NC(=O)c2ccc(COc3ccc(-n4c(C)ccc4C)cc3)o2)c(Br)c(Br)c1OCc1cccc([N+](=O)[O-])c1. The highest BCUT2D eigenvalue weighted by atomic mass is 79.9. The van der Waals surface area contributed by atoms with E-state index in [1.807, 2.05) is 31.2 Å². The number of nitrogens with zero attached hydrogens (tertiary/aromatic N) is 3. The zero-order chi connectivity index (χ0) is 33.5. The van der Waals surface area contributed by atoms with Gasteiger partial charge in [0, 0.05) is 39.2 Å². The zero-order valence-corrected chi connectivity index (χ0v) is 28.8. The maximum Gasteiger partial charge on any atom is 0.307 e. The summed E-state index contributed by atoms with van der Waals surface area (Å²) in [7, 11) is 0. The summed E-state index contributed by atoms with van der Waals surface area (Å²) in [6.45, 7) is 6.54. The van der Waals surface area contributed by atoms with Crippen LogP contribution in [0, 0.1) is 24.0 Å². The number of nitrogens with one attached hydrogen (secondary N) is 1. The van der Waals surface area contributed by atoms with Gasteiger partial charge in [0.05, 0.1) is 22.2 Å². The van der Waals surface area contributed by atoms with E-state index in [9.17, 15) is 14.9 Å². The van der Waals surface area contributed by atoms with Crippen molar-refractivity contribution < 1.29 is 28.3 Å². The zero-order valence-electron chi connectivity index (χ0n) is 25.7. The van der Waals surface area contributed by atoms with Gasteiger partial charge in [0.1, 0.15) is 24.7 Å². The topological polar surface area (TPSA) is 130 Å². The van der Waals surface area contributed by atoms with Crippen molar-refractivity contribution >= 4 is 49.7 Å². The molecule has 13 heteroatoms. The summed E-state index contributed by atoms with van der Waals surface area (Å²) in [6.07, 6.45) is 1.45. The van der Waals surface area contributed by atoms with Gasteiger partial charge in [0.2, 0.25) is 0 Å². The summed E-state index contributed by atoms with van der Waals surface area (Å²) >= 11 is 7.07. The Morgan fingerprint density at radius 3 is 2.40 bits per heavy atom. The van der Waals surface area contributed by atoms with Crippen LogP contribution in [0.25, 0.3) is 5.69 Å². The molecule has 3 aromatic carbocycles. The molecule has 11 nitrogen and oxygen atoms in total. The van der Waals surface area contributed by atoms with Crippen LogP contribution in [0.5, 0.6) is 17.2 Å². The van der Waals surface area contributed by atoms with E-state index >= 15 is 0 Å². The lowest BCUT2D eigenvalue weighted by atomic mass is 10.2. The molecule has 5 aromatic rings. The van der Waals surface area contributed by atoms with Crippen LogP contribution in [0.4, 0.5) is 5.69 Å². The van der Waals surface area contributed by atoms with Crippen LogP contribution in [0.1, 0.15) is 45.8 Å². The maximum absolute atomic E-state index is 12.7. The normalized spacial score (nSPS) is 11.1. The molecular formula is C34H30Br2N4O7. The number of ether oxygens (including phenoxy) is 3. The van der Waals surface area contributed by atoms with Gasteiger partial charge in [-0.2, -0.15) is 5.10 Å². The molecule has 0 spiro atoms. The Labute approximate surface area is 287 Å². The molecule has 0 radical (unpaired) electrons. The molecular weight excluding hydrogens is 736 g/mol. The number of carbonyl (C=O) groups is 1. The number of hydrogen-bond acceptors (Lipinski definition) is 8. The molecule has 242 valence electrons. The largest absolute Gasteiger partial charge is 0.490 e. The highest BCUT2D eigenvalue weighted by Crippen LogP contribution is 2.43. The Balaban J connectivity index is 1.19. The minimum atomic E-state index is -0.536. The van der Waals surface area contributed by atoms with Crippen molar-refractivity contribution in [1.82, 2.24) is 9.99 Å². The molecule has 0 saturated heterocycles. The number of non-ortho nitro benzene ring substituents is 1. The first kappa shape index (κ1) is 33.5. The lowest BCUT2D eigenvalue weighted by Crippen LogP contribution is -2.16. The van der Waals surface area contributed by atoms with E-state index < -0.39 is 10.8 Å². The first-order valence-electron chi connectivity index (χ1n) is 14.5. The van der Waals surface area contributed by atoms with Crippen LogP contribution in [0.15, 0.2) is 97.3 Å². The lowest BCUT2D eigenvalue weighted by molar-refractivity contribution is -0.384. The van der Waals surface area contributed by atoms with Gasteiger partial charge in [-0.25, -0.2) is 5.43 Å². The minimum Gasteiger partial charge on any atom is -0.490 e. The quantitative estimate of drug-likeness (QED) is 0.0723. The molecule has 0 bridgehead atoms. The number of furan rings is 1. The molecule has 0 aliphatic rings. The Morgan fingerprint density at radius 1 is 0.957 bits per heavy atom. The molecule has 0 saturated carbocycles. The highest BCUT2D eigenvalue weighted by Gasteiger charge is 2.18. The molecule has 0 fully saturated rings. The van der Waals surface area contributed by atoms with E-state index in [0.717, 1.165) is 17.1 Å². The average Bonchev–Trinajstić information content (AvgIpc) is 3.68. The minimum absolute atomic E-state index is 0.0240. The Bertz CT molecular complexity index is 1910. The summed E-state index contributed by atoms with van der Waals surface area (Å²) in [5.74, 6) is 1.52. The Hall–Kier alpha value is -4.88. The summed E-state index contributed by atoms with van der Waals surface area (Å²) in [5, 5.41) is 15.2. The molecule has 0 unspecified atom stereocenters. The van der Waals surface area contributed by atoms with Crippen LogP contribution in [-0.2, 0) is 13.2 Å².